The standard InChI is InChI=1S/C12H15N5OS/c1-2-8-5-13-9(19-8)6-14-12(18)11-15-10(16-17-11)7-3-4-7/h5,7H,2-4,6H2,1H3,(H,14,18)(H,15,16,17). The van der Waals surface area contributed by atoms with E-state index in [0.717, 1.165) is 30.1 Å². The van der Waals surface area contributed by atoms with Crippen LogP contribution < -0.4 is 5.32 Å². The summed E-state index contributed by atoms with van der Waals surface area (Å²) in [4.78, 5) is 21.6. The number of hydrogen-bond donors (Lipinski definition) is 2. The Kier molecular flexibility index (Phi) is 3.29. The zero-order valence-electron chi connectivity index (χ0n) is 10.6. The molecule has 19 heavy (non-hydrogen) atoms. The molecule has 3 rings (SSSR count). The molecule has 0 saturated heterocycles. The highest BCUT2D eigenvalue weighted by Gasteiger charge is 2.28. The molecule has 2 heterocycles. The van der Waals surface area contributed by atoms with Crippen LogP contribution in [0.4, 0.5) is 0 Å². The van der Waals surface area contributed by atoms with Gasteiger partial charge in [0.05, 0.1) is 6.54 Å². The van der Waals surface area contributed by atoms with Gasteiger partial charge in [0, 0.05) is 17.0 Å². The quantitative estimate of drug-likeness (QED) is 0.870. The van der Waals surface area contributed by atoms with E-state index in [0.29, 0.717) is 12.5 Å². The number of thiazole rings is 1. The number of aromatic nitrogens is 4. The molecule has 0 radical (unpaired) electrons. The molecule has 2 N–H and O–H groups in total. The van der Waals surface area contributed by atoms with E-state index in [1.54, 1.807) is 11.3 Å². The largest absolute Gasteiger partial charge is 0.343 e. The van der Waals surface area contributed by atoms with Crippen LogP contribution in [0.3, 0.4) is 0 Å². The zero-order valence-corrected chi connectivity index (χ0v) is 11.5. The van der Waals surface area contributed by atoms with Crippen LogP contribution in [-0.4, -0.2) is 26.1 Å². The molecule has 1 aliphatic rings. The Hall–Kier alpha value is -1.76. The first-order valence-electron chi connectivity index (χ1n) is 6.40. The Labute approximate surface area is 114 Å². The lowest BCUT2D eigenvalue weighted by atomic mass is 10.4. The number of carbonyl (C=O) groups is 1. The Balaban J connectivity index is 1.57. The molecule has 0 atom stereocenters. The van der Waals surface area contributed by atoms with Crippen LogP contribution in [0.1, 0.15) is 52.0 Å². The molecule has 0 bridgehead atoms. The number of carbonyl (C=O) groups excluding carboxylic acids is 1. The third-order valence-electron chi connectivity index (χ3n) is 3.02. The van der Waals surface area contributed by atoms with Gasteiger partial charge in [-0.15, -0.1) is 16.4 Å². The van der Waals surface area contributed by atoms with Gasteiger partial charge in [-0.1, -0.05) is 6.92 Å². The predicted molar refractivity (Wildman–Crippen MR) is 71.0 cm³/mol. The lowest BCUT2D eigenvalue weighted by molar-refractivity contribution is 0.0941. The van der Waals surface area contributed by atoms with Crippen molar-refractivity contribution in [1.82, 2.24) is 25.5 Å². The van der Waals surface area contributed by atoms with Gasteiger partial charge in [0.15, 0.2) is 0 Å². The average Bonchev–Trinajstić information content (AvgIpc) is 2.99. The molecule has 6 nitrogen and oxygen atoms in total. The minimum atomic E-state index is -0.253. The maximum atomic E-state index is 11.9. The van der Waals surface area contributed by atoms with Crippen molar-refractivity contribution in [1.29, 1.82) is 0 Å². The number of nitrogens with one attached hydrogen (secondary N) is 2. The molecule has 2 aromatic heterocycles. The van der Waals surface area contributed by atoms with Gasteiger partial charge in [0.2, 0.25) is 5.82 Å². The molecule has 0 aromatic carbocycles. The molecule has 0 spiro atoms. The van der Waals surface area contributed by atoms with Crippen molar-refractivity contribution in [2.75, 3.05) is 0 Å². The van der Waals surface area contributed by atoms with E-state index in [9.17, 15) is 4.79 Å². The number of aromatic amines is 1. The average molecular weight is 277 g/mol. The lowest BCUT2D eigenvalue weighted by Gasteiger charge is -1.98. The van der Waals surface area contributed by atoms with Gasteiger partial charge >= 0.3 is 0 Å². The van der Waals surface area contributed by atoms with Crippen LogP contribution in [0.25, 0.3) is 0 Å². The zero-order chi connectivity index (χ0) is 13.2. The molecule has 1 aliphatic carbocycles. The van der Waals surface area contributed by atoms with Crippen LogP contribution in [-0.2, 0) is 13.0 Å². The highest BCUT2D eigenvalue weighted by atomic mass is 32.1. The Morgan fingerprint density at radius 2 is 2.42 bits per heavy atom. The normalized spacial score (nSPS) is 14.6. The maximum absolute atomic E-state index is 11.9. The number of nitrogens with zero attached hydrogens (tertiary/aromatic N) is 3. The van der Waals surface area contributed by atoms with Gasteiger partial charge in [-0.05, 0) is 19.3 Å². The number of amides is 1. The molecule has 100 valence electrons. The summed E-state index contributed by atoms with van der Waals surface area (Å²) in [6.07, 6.45) is 5.09. The number of rotatable bonds is 5. The minimum absolute atomic E-state index is 0.217. The molecule has 1 fully saturated rings. The predicted octanol–water partition coefficient (Wildman–Crippen LogP) is 1.63. The van der Waals surface area contributed by atoms with Crippen molar-refractivity contribution in [2.24, 2.45) is 0 Å². The summed E-state index contributed by atoms with van der Waals surface area (Å²) in [7, 11) is 0. The van der Waals surface area contributed by atoms with Crippen molar-refractivity contribution in [2.45, 2.75) is 38.6 Å². The molecular weight excluding hydrogens is 262 g/mol. The molecular formula is C12H15N5OS. The van der Waals surface area contributed by atoms with E-state index in [4.69, 9.17) is 0 Å². The van der Waals surface area contributed by atoms with Crippen LogP contribution >= 0.6 is 11.3 Å². The van der Waals surface area contributed by atoms with Gasteiger partial charge in [-0.2, -0.15) is 0 Å². The third kappa shape index (κ3) is 2.81. The summed E-state index contributed by atoms with van der Waals surface area (Å²) in [6.45, 7) is 2.51. The number of aryl methyl sites for hydroxylation is 1. The van der Waals surface area contributed by atoms with E-state index in [1.165, 1.54) is 4.88 Å². The Morgan fingerprint density at radius 1 is 1.58 bits per heavy atom. The van der Waals surface area contributed by atoms with Gasteiger partial charge in [-0.25, -0.2) is 9.97 Å². The summed E-state index contributed by atoms with van der Waals surface area (Å²) < 4.78 is 0. The maximum Gasteiger partial charge on any atom is 0.291 e. The highest BCUT2D eigenvalue weighted by Crippen LogP contribution is 2.37. The van der Waals surface area contributed by atoms with Crippen molar-refractivity contribution >= 4 is 17.2 Å². The van der Waals surface area contributed by atoms with E-state index in [2.05, 4.69) is 32.4 Å². The molecule has 1 amide bonds. The van der Waals surface area contributed by atoms with Crippen LogP contribution in [0.5, 0.6) is 0 Å². The monoisotopic (exact) mass is 277 g/mol. The van der Waals surface area contributed by atoms with Gasteiger partial charge < -0.3 is 5.32 Å². The van der Waals surface area contributed by atoms with Crippen molar-refractivity contribution in [3.05, 3.63) is 27.7 Å². The van der Waals surface area contributed by atoms with Crippen LogP contribution in [0.2, 0.25) is 0 Å². The first-order valence-corrected chi connectivity index (χ1v) is 7.22. The van der Waals surface area contributed by atoms with E-state index >= 15 is 0 Å². The molecule has 2 aromatic rings. The summed E-state index contributed by atoms with van der Waals surface area (Å²) >= 11 is 1.62. The fourth-order valence-corrected chi connectivity index (χ4v) is 2.55. The van der Waals surface area contributed by atoms with Gasteiger partial charge in [0.1, 0.15) is 10.8 Å². The molecule has 1 saturated carbocycles. The molecule has 0 aliphatic heterocycles. The highest BCUT2D eigenvalue weighted by molar-refractivity contribution is 7.11. The van der Waals surface area contributed by atoms with E-state index in [1.807, 2.05) is 6.20 Å². The summed E-state index contributed by atoms with van der Waals surface area (Å²) in [6, 6.07) is 0. The second-order valence-corrected chi connectivity index (χ2v) is 5.77. The third-order valence-corrected chi connectivity index (χ3v) is 4.16. The second kappa shape index (κ2) is 5.08. The summed E-state index contributed by atoms with van der Waals surface area (Å²) in [5.41, 5.74) is 0. The summed E-state index contributed by atoms with van der Waals surface area (Å²) in [5.74, 6) is 1.26. The summed E-state index contributed by atoms with van der Waals surface area (Å²) in [5, 5.41) is 10.5. The fourth-order valence-electron chi connectivity index (χ4n) is 1.74. The minimum Gasteiger partial charge on any atom is -0.343 e. The Morgan fingerprint density at radius 3 is 3.11 bits per heavy atom. The topological polar surface area (TPSA) is 83.6 Å². The van der Waals surface area contributed by atoms with Gasteiger partial charge in [-0.3, -0.25) is 9.89 Å². The van der Waals surface area contributed by atoms with Crippen LogP contribution in [0.15, 0.2) is 6.20 Å². The molecule has 0 unspecified atom stereocenters. The van der Waals surface area contributed by atoms with Crippen LogP contribution in [0, 0.1) is 0 Å². The second-order valence-electron chi connectivity index (χ2n) is 4.58. The fraction of sp³-hybridized carbons (Fsp3) is 0.500. The SMILES string of the molecule is CCc1cnc(CNC(=O)c2n[nH]c(C3CC3)n2)s1. The van der Waals surface area contributed by atoms with E-state index < -0.39 is 0 Å². The smallest absolute Gasteiger partial charge is 0.291 e. The van der Waals surface area contributed by atoms with Crippen molar-refractivity contribution in [3.8, 4) is 0 Å². The molecule has 7 heteroatoms. The van der Waals surface area contributed by atoms with Crippen molar-refractivity contribution < 1.29 is 4.79 Å². The number of H-pyrrole nitrogens is 1. The van der Waals surface area contributed by atoms with Gasteiger partial charge in [0.25, 0.3) is 5.91 Å². The number of hydrogen-bond acceptors (Lipinski definition) is 5. The van der Waals surface area contributed by atoms with E-state index in [-0.39, 0.29) is 11.7 Å². The first kappa shape index (κ1) is 12.3. The lowest BCUT2D eigenvalue weighted by Crippen LogP contribution is -2.23. The first-order chi connectivity index (χ1) is 9.26. The van der Waals surface area contributed by atoms with Crippen molar-refractivity contribution in [3.63, 3.8) is 0 Å². The Bertz CT molecular complexity index is 586.